The first kappa shape index (κ1) is 18.4. The summed E-state index contributed by atoms with van der Waals surface area (Å²) < 4.78 is 32.5. The summed E-state index contributed by atoms with van der Waals surface area (Å²) in [6, 6.07) is 4.48. The second-order valence-corrected chi connectivity index (χ2v) is 7.98. The van der Waals surface area contributed by atoms with Gasteiger partial charge < -0.3 is 14.7 Å². The monoisotopic (exact) mass is 380 g/mol. The smallest absolute Gasteiger partial charge is 0.240 e. The quantitative estimate of drug-likeness (QED) is 0.738. The Labute approximate surface area is 134 Å². The molecule has 0 heterocycles. The third kappa shape index (κ3) is 5.55. The summed E-state index contributed by atoms with van der Waals surface area (Å²) in [7, 11) is 1.43. The minimum Gasteiger partial charge on any atom is -0.496 e. The number of halogens is 1. The van der Waals surface area contributed by atoms with E-state index in [2.05, 4.69) is 20.7 Å². The Hall–Kier alpha value is -0.670. The first-order chi connectivity index (χ1) is 9.57. The number of methoxy groups -OCH3 is 1. The molecule has 0 spiro atoms. The summed E-state index contributed by atoms with van der Waals surface area (Å²) >= 11 is 3.25. The topological polar surface area (TPSA) is 78.9 Å². The van der Waals surface area contributed by atoms with Crippen LogP contribution in [0.5, 0.6) is 5.75 Å². The molecule has 8 heteroatoms. The summed E-state index contributed by atoms with van der Waals surface area (Å²) in [5, 5.41) is 10.1. The van der Waals surface area contributed by atoms with E-state index in [0.717, 1.165) is 0 Å². The number of benzene rings is 1. The van der Waals surface area contributed by atoms with Crippen molar-refractivity contribution in [2.24, 2.45) is 0 Å². The van der Waals surface area contributed by atoms with Gasteiger partial charge in [0.15, 0.2) is 0 Å². The maximum Gasteiger partial charge on any atom is 0.240 e. The molecule has 0 radical (unpaired) electrons. The second-order valence-electron chi connectivity index (χ2n) is 5.36. The number of sulfonamides is 1. The van der Waals surface area contributed by atoms with E-state index in [1.165, 1.54) is 19.2 Å². The van der Waals surface area contributed by atoms with E-state index >= 15 is 0 Å². The number of hydrogen-bond acceptors (Lipinski definition) is 5. The molecule has 0 fully saturated rings. The van der Waals surface area contributed by atoms with E-state index in [-0.39, 0.29) is 11.4 Å². The van der Waals surface area contributed by atoms with Crippen molar-refractivity contribution in [2.75, 3.05) is 34.3 Å². The van der Waals surface area contributed by atoms with Gasteiger partial charge in [-0.15, -0.1) is 0 Å². The van der Waals surface area contributed by atoms with Crippen LogP contribution in [0.3, 0.4) is 0 Å². The Morgan fingerprint density at radius 2 is 2.05 bits per heavy atom. The van der Waals surface area contributed by atoms with E-state index in [1.54, 1.807) is 17.9 Å². The van der Waals surface area contributed by atoms with Gasteiger partial charge in [-0.3, -0.25) is 0 Å². The molecular formula is C13H21BrN2O4S. The van der Waals surface area contributed by atoms with Gasteiger partial charge in [-0.25, -0.2) is 13.1 Å². The third-order valence-electron chi connectivity index (χ3n) is 2.73. The highest BCUT2D eigenvalue weighted by atomic mass is 79.9. The van der Waals surface area contributed by atoms with E-state index < -0.39 is 15.6 Å². The highest BCUT2D eigenvalue weighted by molar-refractivity contribution is 9.10. The highest BCUT2D eigenvalue weighted by Gasteiger charge is 2.25. The van der Waals surface area contributed by atoms with Crippen molar-refractivity contribution in [3.05, 3.63) is 22.7 Å². The van der Waals surface area contributed by atoms with Crippen LogP contribution in [-0.4, -0.2) is 58.3 Å². The zero-order valence-electron chi connectivity index (χ0n) is 12.6. The number of hydrogen-bond donors (Lipinski definition) is 2. The van der Waals surface area contributed by atoms with Crippen LogP contribution in [0, 0.1) is 0 Å². The third-order valence-corrected chi connectivity index (χ3v) is 4.75. The maximum atomic E-state index is 12.2. The van der Waals surface area contributed by atoms with Crippen LogP contribution >= 0.6 is 15.9 Å². The molecule has 0 aliphatic carbocycles. The van der Waals surface area contributed by atoms with Gasteiger partial charge in [0.25, 0.3) is 0 Å². The lowest BCUT2D eigenvalue weighted by Gasteiger charge is -2.27. The average molecular weight is 381 g/mol. The molecule has 1 rings (SSSR count). The summed E-state index contributed by atoms with van der Waals surface area (Å²) in [6.45, 7) is 1.86. The van der Waals surface area contributed by atoms with Crippen LogP contribution in [-0.2, 0) is 10.0 Å². The van der Waals surface area contributed by atoms with E-state index in [4.69, 9.17) is 4.74 Å². The molecule has 1 aromatic carbocycles. The number of nitrogens with one attached hydrogen (secondary N) is 1. The first-order valence-corrected chi connectivity index (χ1v) is 8.55. The van der Waals surface area contributed by atoms with Gasteiger partial charge in [-0.2, -0.15) is 0 Å². The van der Waals surface area contributed by atoms with Crippen molar-refractivity contribution in [1.82, 2.24) is 9.62 Å². The number of aliphatic hydroxyl groups is 1. The SMILES string of the molecule is COc1ccc(S(=O)(=O)NCC(C)(O)CN(C)C)cc1Br. The van der Waals surface area contributed by atoms with Gasteiger partial charge in [0.2, 0.25) is 10.0 Å². The lowest BCUT2D eigenvalue weighted by molar-refractivity contribution is 0.0386. The molecule has 0 amide bonds. The fraction of sp³-hybridized carbons (Fsp3) is 0.538. The molecule has 6 nitrogen and oxygen atoms in total. The van der Waals surface area contributed by atoms with Crippen LogP contribution in [0.4, 0.5) is 0 Å². The van der Waals surface area contributed by atoms with Crippen LogP contribution in [0.15, 0.2) is 27.6 Å². The number of likely N-dealkylation sites (N-methyl/N-ethyl adjacent to an activating group) is 1. The van der Waals surface area contributed by atoms with Crippen molar-refractivity contribution in [1.29, 1.82) is 0 Å². The second kappa shape index (κ2) is 7.06. The molecule has 21 heavy (non-hydrogen) atoms. The molecule has 0 aromatic heterocycles. The summed E-state index contributed by atoms with van der Waals surface area (Å²) in [5.74, 6) is 0.550. The van der Waals surface area contributed by atoms with Gasteiger partial charge in [-0.1, -0.05) is 0 Å². The summed E-state index contributed by atoms with van der Waals surface area (Å²) in [4.78, 5) is 1.90. The van der Waals surface area contributed by atoms with Crippen LogP contribution in [0.25, 0.3) is 0 Å². The molecule has 0 aliphatic rings. The summed E-state index contributed by atoms with van der Waals surface area (Å²) in [5.41, 5.74) is -1.15. The Morgan fingerprint density at radius 3 is 2.52 bits per heavy atom. The Morgan fingerprint density at radius 1 is 1.43 bits per heavy atom. The normalized spacial score (nSPS) is 15.0. The van der Waals surface area contributed by atoms with Crippen molar-refractivity contribution < 1.29 is 18.3 Å². The number of ether oxygens (including phenoxy) is 1. The fourth-order valence-electron chi connectivity index (χ4n) is 1.89. The van der Waals surface area contributed by atoms with Crippen molar-refractivity contribution >= 4 is 26.0 Å². The molecule has 0 saturated carbocycles. The molecule has 1 aromatic rings. The molecule has 1 atom stereocenters. The maximum absolute atomic E-state index is 12.2. The number of nitrogens with zero attached hydrogens (tertiary/aromatic N) is 1. The molecule has 0 bridgehead atoms. The van der Waals surface area contributed by atoms with Crippen LogP contribution < -0.4 is 9.46 Å². The minimum absolute atomic E-state index is 0.0723. The van der Waals surface area contributed by atoms with Crippen LogP contribution in [0.2, 0.25) is 0 Å². The molecule has 120 valence electrons. The van der Waals surface area contributed by atoms with Crippen LogP contribution in [0.1, 0.15) is 6.92 Å². The first-order valence-electron chi connectivity index (χ1n) is 6.28. The van der Waals surface area contributed by atoms with Gasteiger partial charge in [-0.05, 0) is 55.1 Å². The van der Waals surface area contributed by atoms with Gasteiger partial charge >= 0.3 is 0 Å². The Kier molecular flexibility index (Phi) is 6.18. The van der Waals surface area contributed by atoms with Crippen molar-refractivity contribution in [3.63, 3.8) is 0 Å². The fourth-order valence-corrected chi connectivity index (χ4v) is 3.77. The zero-order chi connectivity index (χ0) is 16.3. The Bertz CT molecular complexity index is 588. The van der Waals surface area contributed by atoms with Gasteiger partial charge in [0.1, 0.15) is 5.75 Å². The molecule has 2 N–H and O–H groups in total. The predicted octanol–water partition coefficient (Wildman–Crippen LogP) is 1.05. The van der Waals surface area contributed by atoms with Gasteiger partial charge in [0, 0.05) is 13.1 Å². The van der Waals surface area contributed by atoms with Gasteiger partial charge in [0.05, 0.1) is 22.1 Å². The molecule has 1 unspecified atom stereocenters. The minimum atomic E-state index is -3.69. The van der Waals surface area contributed by atoms with Crippen molar-refractivity contribution in [2.45, 2.75) is 17.4 Å². The lowest BCUT2D eigenvalue weighted by atomic mass is 10.1. The van der Waals surface area contributed by atoms with Crippen molar-refractivity contribution in [3.8, 4) is 5.75 Å². The zero-order valence-corrected chi connectivity index (χ0v) is 15.0. The average Bonchev–Trinajstić information content (AvgIpc) is 2.35. The largest absolute Gasteiger partial charge is 0.496 e. The van der Waals surface area contributed by atoms with E-state index in [0.29, 0.717) is 16.8 Å². The number of rotatable bonds is 7. The Balaban J connectivity index is 2.85. The van der Waals surface area contributed by atoms with E-state index in [9.17, 15) is 13.5 Å². The lowest BCUT2D eigenvalue weighted by Crippen LogP contribution is -2.47. The molecular weight excluding hydrogens is 360 g/mol. The predicted molar refractivity (Wildman–Crippen MR) is 85.1 cm³/mol. The van der Waals surface area contributed by atoms with E-state index in [1.807, 2.05) is 14.1 Å². The highest BCUT2D eigenvalue weighted by Crippen LogP contribution is 2.27. The summed E-state index contributed by atoms with van der Waals surface area (Å²) in [6.07, 6.45) is 0. The standard InChI is InChI=1S/C13H21BrN2O4S/c1-13(17,9-16(2)3)8-15-21(18,19)10-5-6-12(20-4)11(14)7-10/h5-7,15,17H,8-9H2,1-4H3. The molecule has 0 saturated heterocycles. The molecule has 0 aliphatic heterocycles.